The minimum Gasteiger partial charge on any atom is -0.508 e. The Morgan fingerprint density at radius 2 is 2.00 bits per heavy atom. The van der Waals surface area contributed by atoms with E-state index in [9.17, 15) is 24.7 Å². The van der Waals surface area contributed by atoms with Crippen molar-refractivity contribution in [1.29, 1.82) is 0 Å². The lowest BCUT2D eigenvalue weighted by Crippen LogP contribution is -2.14. The zero-order valence-electron chi connectivity index (χ0n) is 11.7. The predicted octanol–water partition coefficient (Wildman–Crippen LogP) is 0.762. The molecule has 0 saturated heterocycles. The molecule has 0 spiro atoms. The highest BCUT2D eigenvalue weighted by Crippen LogP contribution is 2.35. The maximum atomic E-state index is 11.0. The lowest BCUT2D eigenvalue weighted by Gasteiger charge is -2.12. The molecule has 0 unspecified atom stereocenters. The van der Waals surface area contributed by atoms with Gasteiger partial charge in [-0.25, -0.2) is 9.36 Å². The Kier molecular flexibility index (Phi) is 6.55. The summed E-state index contributed by atoms with van der Waals surface area (Å²) in [4.78, 5) is 27.9. The number of carboxylic acids is 1. The molecule has 1 rings (SSSR count). The van der Waals surface area contributed by atoms with E-state index >= 15 is 0 Å². The van der Waals surface area contributed by atoms with Gasteiger partial charge in [0.05, 0.1) is 17.9 Å². The second kappa shape index (κ2) is 7.95. The van der Waals surface area contributed by atoms with Gasteiger partial charge in [0.25, 0.3) is 0 Å². The molecule has 0 aliphatic heterocycles. The summed E-state index contributed by atoms with van der Waals surface area (Å²) >= 11 is 0. The van der Waals surface area contributed by atoms with Crippen molar-refractivity contribution < 1.29 is 44.1 Å². The SMILES string of the molecule is O=C(O)c1cc(O)ccc1N/C=C(\O)[C@H](O)CCOP(=O)(O)O. The molecular weight excluding hydrogens is 333 g/mol. The third-order valence-corrected chi connectivity index (χ3v) is 3.12. The lowest BCUT2D eigenvalue weighted by atomic mass is 10.1. The number of aromatic hydroxyl groups is 1. The maximum absolute atomic E-state index is 11.0. The van der Waals surface area contributed by atoms with Crippen molar-refractivity contribution in [3.8, 4) is 5.75 Å². The number of aromatic carboxylic acids is 1. The Balaban J connectivity index is 2.69. The van der Waals surface area contributed by atoms with Crippen LogP contribution in [0.5, 0.6) is 5.75 Å². The summed E-state index contributed by atoms with van der Waals surface area (Å²) in [5.41, 5.74) is -0.200. The highest BCUT2D eigenvalue weighted by molar-refractivity contribution is 7.46. The van der Waals surface area contributed by atoms with Crippen molar-refractivity contribution in [3.63, 3.8) is 0 Å². The van der Waals surface area contributed by atoms with Gasteiger partial charge >= 0.3 is 13.8 Å². The molecule has 11 heteroatoms. The first-order valence-corrected chi connectivity index (χ1v) is 7.73. The summed E-state index contributed by atoms with van der Waals surface area (Å²) in [6, 6.07) is 3.48. The molecule has 0 saturated carbocycles. The van der Waals surface area contributed by atoms with Gasteiger partial charge < -0.3 is 35.5 Å². The number of carboxylic acid groups (broad SMARTS) is 1. The molecule has 0 aliphatic rings. The third kappa shape index (κ3) is 6.68. The number of nitrogens with one attached hydrogen (secondary N) is 1. The average molecular weight is 349 g/mol. The van der Waals surface area contributed by atoms with Gasteiger partial charge in [-0.15, -0.1) is 0 Å². The quantitative estimate of drug-likeness (QED) is 0.201. The zero-order chi connectivity index (χ0) is 17.6. The second-order valence-corrected chi connectivity index (χ2v) is 5.62. The monoisotopic (exact) mass is 349 g/mol. The number of phosphoric ester groups is 1. The van der Waals surface area contributed by atoms with Gasteiger partial charge in [0.1, 0.15) is 17.6 Å². The molecule has 128 valence electrons. The van der Waals surface area contributed by atoms with Crippen LogP contribution in [0.15, 0.2) is 30.2 Å². The van der Waals surface area contributed by atoms with Crippen LogP contribution in [0.3, 0.4) is 0 Å². The minimum absolute atomic E-state index is 0.0560. The number of benzene rings is 1. The van der Waals surface area contributed by atoms with Crippen LogP contribution >= 0.6 is 7.82 Å². The standard InChI is InChI=1S/C12H16NO9P/c14-7-1-2-9(8(5-7)12(17)18)13-6-11(16)10(15)3-4-22-23(19,20)21/h1-2,5-6,10,13-16H,3-4H2,(H,17,18)(H2,19,20,21)/b11-6-/t10-/m1/s1. The summed E-state index contributed by atoms with van der Waals surface area (Å²) in [5, 5.41) is 39.8. The fourth-order valence-corrected chi connectivity index (χ4v) is 1.86. The van der Waals surface area contributed by atoms with E-state index in [0.29, 0.717) is 0 Å². The van der Waals surface area contributed by atoms with E-state index in [1.807, 2.05) is 0 Å². The number of aliphatic hydroxyl groups excluding tert-OH is 2. The Bertz CT molecular complexity index is 639. The average Bonchev–Trinajstić information content (AvgIpc) is 2.43. The topological polar surface area (TPSA) is 177 Å². The third-order valence-electron chi connectivity index (χ3n) is 2.60. The van der Waals surface area contributed by atoms with E-state index in [1.165, 1.54) is 12.1 Å². The normalized spacial score (nSPS) is 13.6. The van der Waals surface area contributed by atoms with Crippen molar-refractivity contribution in [2.24, 2.45) is 0 Å². The Labute approximate surface area is 130 Å². The van der Waals surface area contributed by atoms with E-state index in [4.69, 9.17) is 14.9 Å². The van der Waals surface area contributed by atoms with Crippen LogP contribution in [0.25, 0.3) is 0 Å². The largest absolute Gasteiger partial charge is 0.508 e. The van der Waals surface area contributed by atoms with Gasteiger partial charge in [0, 0.05) is 12.6 Å². The number of aliphatic hydroxyl groups is 2. The summed E-state index contributed by atoms with van der Waals surface area (Å²) in [6.45, 7) is -0.497. The van der Waals surface area contributed by atoms with Crippen LogP contribution < -0.4 is 5.32 Å². The van der Waals surface area contributed by atoms with Gasteiger partial charge in [-0.1, -0.05) is 0 Å². The molecule has 0 fully saturated rings. The molecule has 1 atom stereocenters. The van der Waals surface area contributed by atoms with E-state index in [2.05, 4.69) is 9.84 Å². The second-order valence-electron chi connectivity index (χ2n) is 4.38. The minimum atomic E-state index is -4.65. The molecule has 0 aliphatic carbocycles. The van der Waals surface area contributed by atoms with Crippen LogP contribution in [0.4, 0.5) is 5.69 Å². The number of phosphoric acid groups is 1. The summed E-state index contributed by atoms with van der Waals surface area (Å²) < 4.78 is 14.6. The highest BCUT2D eigenvalue weighted by Gasteiger charge is 2.17. The fourth-order valence-electron chi connectivity index (χ4n) is 1.51. The van der Waals surface area contributed by atoms with Gasteiger partial charge in [0.2, 0.25) is 0 Å². The van der Waals surface area contributed by atoms with Crippen LogP contribution in [0, 0.1) is 0 Å². The molecule has 1 aromatic rings. The summed E-state index contributed by atoms with van der Waals surface area (Å²) in [7, 11) is -4.65. The van der Waals surface area contributed by atoms with Crippen molar-refractivity contribution in [3.05, 3.63) is 35.7 Å². The molecule has 7 N–H and O–H groups in total. The molecule has 10 nitrogen and oxygen atoms in total. The molecule has 0 amide bonds. The van der Waals surface area contributed by atoms with Crippen molar-refractivity contribution in [1.82, 2.24) is 0 Å². The van der Waals surface area contributed by atoms with Gasteiger partial charge in [-0.2, -0.15) is 0 Å². The smallest absolute Gasteiger partial charge is 0.469 e. The first-order valence-electron chi connectivity index (χ1n) is 6.20. The van der Waals surface area contributed by atoms with Crippen LogP contribution in [-0.4, -0.2) is 48.9 Å². The van der Waals surface area contributed by atoms with Gasteiger partial charge in [0.15, 0.2) is 0 Å². The molecule has 23 heavy (non-hydrogen) atoms. The number of rotatable bonds is 8. The van der Waals surface area contributed by atoms with E-state index in [-0.39, 0.29) is 23.4 Å². The Hall–Kier alpha value is -2.10. The van der Waals surface area contributed by atoms with Gasteiger partial charge in [-0.05, 0) is 18.2 Å². The maximum Gasteiger partial charge on any atom is 0.469 e. The number of phenols is 1. The number of phenolic OH excluding ortho intramolecular Hbond substituents is 1. The molecule has 0 heterocycles. The number of carbonyl (C=O) groups is 1. The first kappa shape index (κ1) is 18.9. The van der Waals surface area contributed by atoms with E-state index in [0.717, 1.165) is 12.3 Å². The molecule has 0 aromatic heterocycles. The Morgan fingerprint density at radius 3 is 2.57 bits per heavy atom. The van der Waals surface area contributed by atoms with Crippen molar-refractivity contribution >= 4 is 19.5 Å². The number of anilines is 1. The predicted molar refractivity (Wildman–Crippen MR) is 78.0 cm³/mol. The van der Waals surface area contributed by atoms with E-state index < -0.39 is 32.3 Å². The molecule has 1 aromatic carbocycles. The highest BCUT2D eigenvalue weighted by atomic mass is 31.2. The molecular formula is C12H16NO9P. The van der Waals surface area contributed by atoms with Crippen LogP contribution in [-0.2, 0) is 9.09 Å². The van der Waals surface area contributed by atoms with Crippen LogP contribution in [0.2, 0.25) is 0 Å². The Morgan fingerprint density at radius 1 is 1.35 bits per heavy atom. The molecule has 0 radical (unpaired) electrons. The van der Waals surface area contributed by atoms with E-state index in [1.54, 1.807) is 0 Å². The summed E-state index contributed by atoms with van der Waals surface area (Å²) in [6.07, 6.45) is -0.850. The van der Waals surface area contributed by atoms with Crippen LogP contribution in [0.1, 0.15) is 16.8 Å². The number of hydrogen-bond donors (Lipinski definition) is 7. The van der Waals surface area contributed by atoms with Crippen molar-refractivity contribution in [2.75, 3.05) is 11.9 Å². The lowest BCUT2D eigenvalue weighted by molar-refractivity contribution is 0.0697. The van der Waals surface area contributed by atoms with Crippen molar-refractivity contribution in [2.45, 2.75) is 12.5 Å². The summed E-state index contributed by atoms with van der Waals surface area (Å²) in [5.74, 6) is -2.16. The molecule has 0 bridgehead atoms. The zero-order valence-corrected chi connectivity index (χ0v) is 12.6. The first-order chi connectivity index (χ1) is 10.6. The van der Waals surface area contributed by atoms with Gasteiger partial charge in [-0.3, -0.25) is 4.52 Å². The fraction of sp³-hybridized carbons (Fsp3) is 0.250. The number of hydrogen-bond acceptors (Lipinski definition) is 7.